The normalized spacial score (nSPS) is 11.8. The number of anilines is 3. The molecule has 0 radical (unpaired) electrons. The quantitative estimate of drug-likeness (QED) is 0.178. The molecule has 9 aromatic carbocycles. The van der Waals surface area contributed by atoms with Crippen molar-refractivity contribution in [2.45, 2.75) is 0 Å². The zero-order chi connectivity index (χ0) is 34.9. The molecule has 0 aliphatic rings. The van der Waals surface area contributed by atoms with Crippen molar-refractivity contribution in [3.8, 4) is 22.3 Å². The Labute approximate surface area is 310 Å². The standard InChI is InChI=1S/C50H31NOS/c1-2-12-35-30-36(23-22-32(35)10-1)33-24-26-37(27-25-33)51(44-18-9-20-46-50(44)42-15-5-6-19-45(42)52-46)38-28-29-43-48(31-38)53-47-21-8-17-41(49(43)47)40-16-7-13-34-11-3-4-14-39(34)40/h1-31H. The SMILES string of the molecule is c1ccc2cc(-c3ccc(N(c4ccc5c(c4)sc4cccc(-c6cccc7ccccc67)c45)c4cccc5oc6ccccc6c45)cc3)ccc2c1. The molecule has 0 atom stereocenters. The molecule has 2 aromatic heterocycles. The van der Waals surface area contributed by atoms with Crippen LogP contribution in [0.1, 0.15) is 0 Å². The molecule has 0 bridgehead atoms. The summed E-state index contributed by atoms with van der Waals surface area (Å²) in [5.41, 5.74) is 9.98. The Morgan fingerprint density at radius 1 is 0.377 bits per heavy atom. The second-order valence-electron chi connectivity index (χ2n) is 13.7. The summed E-state index contributed by atoms with van der Waals surface area (Å²) in [6.45, 7) is 0. The van der Waals surface area contributed by atoms with Crippen molar-refractivity contribution in [2.24, 2.45) is 0 Å². The van der Waals surface area contributed by atoms with Gasteiger partial charge in [0.05, 0.1) is 11.1 Å². The van der Waals surface area contributed by atoms with Crippen molar-refractivity contribution < 1.29 is 4.42 Å². The smallest absolute Gasteiger partial charge is 0.137 e. The van der Waals surface area contributed by atoms with Gasteiger partial charge in [-0.25, -0.2) is 0 Å². The molecular weight excluding hydrogens is 663 g/mol. The van der Waals surface area contributed by atoms with Gasteiger partial charge in [0.1, 0.15) is 11.2 Å². The highest BCUT2D eigenvalue weighted by atomic mass is 32.1. The molecule has 53 heavy (non-hydrogen) atoms. The number of nitrogens with zero attached hydrogens (tertiary/aromatic N) is 1. The summed E-state index contributed by atoms with van der Waals surface area (Å²) in [4.78, 5) is 2.39. The van der Waals surface area contributed by atoms with E-state index in [1.54, 1.807) is 0 Å². The van der Waals surface area contributed by atoms with Gasteiger partial charge in [-0.05, 0) is 98.4 Å². The van der Waals surface area contributed by atoms with Crippen molar-refractivity contribution in [2.75, 3.05) is 4.90 Å². The Hall–Kier alpha value is -6.68. The Kier molecular flexibility index (Phi) is 6.76. The van der Waals surface area contributed by atoms with Crippen LogP contribution in [0.2, 0.25) is 0 Å². The largest absolute Gasteiger partial charge is 0.456 e. The monoisotopic (exact) mass is 693 g/mol. The third-order valence-corrected chi connectivity index (χ3v) is 11.8. The second-order valence-corrected chi connectivity index (χ2v) is 14.8. The van der Waals surface area contributed by atoms with Gasteiger partial charge in [0.15, 0.2) is 0 Å². The van der Waals surface area contributed by atoms with E-state index in [0.29, 0.717) is 0 Å². The Morgan fingerprint density at radius 3 is 1.96 bits per heavy atom. The van der Waals surface area contributed by atoms with E-state index in [9.17, 15) is 0 Å². The number of thiophene rings is 1. The summed E-state index contributed by atoms with van der Waals surface area (Å²) in [7, 11) is 0. The van der Waals surface area contributed by atoms with Crippen LogP contribution in [-0.4, -0.2) is 0 Å². The molecule has 0 saturated carbocycles. The van der Waals surface area contributed by atoms with E-state index in [1.807, 2.05) is 17.4 Å². The summed E-state index contributed by atoms with van der Waals surface area (Å²) in [5.74, 6) is 0. The molecule has 0 aliphatic carbocycles. The molecule has 248 valence electrons. The van der Waals surface area contributed by atoms with E-state index >= 15 is 0 Å². The molecule has 11 aromatic rings. The van der Waals surface area contributed by atoms with Gasteiger partial charge in [-0.1, -0.05) is 133 Å². The van der Waals surface area contributed by atoms with Crippen LogP contribution in [0.3, 0.4) is 0 Å². The zero-order valence-corrected chi connectivity index (χ0v) is 29.5. The highest BCUT2D eigenvalue weighted by molar-refractivity contribution is 7.26. The van der Waals surface area contributed by atoms with E-state index in [2.05, 4.69) is 187 Å². The van der Waals surface area contributed by atoms with Gasteiger partial charge < -0.3 is 9.32 Å². The molecular formula is C50H31NOS. The van der Waals surface area contributed by atoms with Gasteiger partial charge in [0.25, 0.3) is 0 Å². The first kappa shape index (κ1) is 30.0. The minimum atomic E-state index is 0.879. The molecule has 0 unspecified atom stereocenters. The third kappa shape index (κ3) is 4.86. The van der Waals surface area contributed by atoms with E-state index in [4.69, 9.17) is 4.42 Å². The number of hydrogen-bond acceptors (Lipinski definition) is 3. The summed E-state index contributed by atoms with van der Waals surface area (Å²) < 4.78 is 8.94. The van der Waals surface area contributed by atoms with Crippen LogP contribution in [0.4, 0.5) is 17.1 Å². The average molecular weight is 694 g/mol. The lowest BCUT2D eigenvalue weighted by Crippen LogP contribution is -2.10. The predicted molar refractivity (Wildman–Crippen MR) is 227 cm³/mol. The van der Waals surface area contributed by atoms with Crippen molar-refractivity contribution >= 4 is 92.1 Å². The Balaban J connectivity index is 1.10. The molecule has 0 aliphatic heterocycles. The lowest BCUT2D eigenvalue weighted by atomic mass is 9.94. The maximum absolute atomic E-state index is 6.40. The highest BCUT2D eigenvalue weighted by Gasteiger charge is 2.21. The third-order valence-electron chi connectivity index (χ3n) is 10.6. The first-order valence-corrected chi connectivity index (χ1v) is 18.8. The number of furan rings is 1. The molecule has 2 nitrogen and oxygen atoms in total. The first-order valence-electron chi connectivity index (χ1n) is 18.0. The van der Waals surface area contributed by atoms with Crippen molar-refractivity contribution in [3.05, 3.63) is 188 Å². The van der Waals surface area contributed by atoms with Crippen LogP contribution in [0, 0.1) is 0 Å². The van der Waals surface area contributed by atoms with Crippen LogP contribution in [0.25, 0.3) is 85.9 Å². The fourth-order valence-electron chi connectivity index (χ4n) is 8.18. The molecule has 0 fully saturated rings. The van der Waals surface area contributed by atoms with E-state index in [-0.39, 0.29) is 0 Å². The Morgan fingerprint density at radius 2 is 1.06 bits per heavy atom. The molecule has 0 N–H and O–H groups in total. The fourth-order valence-corrected chi connectivity index (χ4v) is 9.34. The maximum atomic E-state index is 6.40. The molecule has 0 amide bonds. The summed E-state index contributed by atoms with van der Waals surface area (Å²) in [5, 5.41) is 9.83. The van der Waals surface area contributed by atoms with Crippen LogP contribution >= 0.6 is 11.3 Å². The van der Waals surface area contributed by atoms with Gasteiger partial charge in [-0.15, -0.1) is 11.3 Å². The van der Waals surface area contributed by atoms with Crippen LogP contribution in [0.5, 0.6) is 0 Å². The van der Waals surface area contributed by atoms with Crippen molar-refractivity contribution in [3.63, 3.8) is 0 Å². The lowest BCUT2D eigenvalue weighted by Gasteiger charge is -2.26. The minimum absolute atomic E-state index is 0.879. The number of rotatable bonds is 5. The number of para-hydroxylation sites is 1. The van der Waals surface area contributed by atoms with Gasteiger partial charge in [-0.3, -0.25) is 0 Å². The van der Waals surface area contributed by atoms with Crippen LogP contribution in [0.15, 0.2) is 192 Å². The topological polar surface area (TPSA) is 16.4 Å². The van der Waals surface area contributed by atoms with E-state index in [0.717, 1.165) is 39.0 Å². The minimum Gasteiger partial charge on any atom is -0.456 e. The molecule has 0 spiro atoms. The van der Waals surface area contributed by atoms with Gasteiger partial charge in [0, 0.05) is 36.9 Å². The second kappa shape index (κ2) is 11.9. The molecule has 11 rings (SSSR count). The summed E-state index contributed by atoms with van der Waals surface area (Å²) in [6.07, 6.45) is 0. The van der Waals surface area contributed by atoms with Crippen LogP contribution in [-0.2, 0) is 0 Å². The van der Waals surface area contributed by atoms with Gasteiger partial charge in [-0.2, -0.15) is 0 Å². The Bertz CT molecular complexity index is 3180. The molecule has 2 heterocycles. The number of fused-ring (bicyclic) bond motifs is 8. The molecule has 0 saturated heterocycles. The summed E-state index contributed by atoms with van der Waals surface area (Å²) in [6, 6.07) is 68.0. The van der Waals surface area contributed by atoms with E-state index in [1.165, 1.54) is 64.0 Å². The van der Waals surface area contributed by atoms with Gasteiger partial charge in [0.2, 0.25) is 0 Å². The summed E-state index contributed by atoms with van der Waals surface area (Å²) >= 11 is 1.86. The van der Waals surface area contributed by atoms with E-state index < -0.39 is 0 Å². The average Bonchev–Trinajstić information content (AvgIpc) is 3.79. The van der Waals surface area contributed by atoms with Gasteiger partial charge >= 0.3 is 0 Å². The van der Waals surface area contributed by atoms with Crippen molar-refractivity contribution in [1.29, 1.82) is 0 Å². The van der Waals surface area contributed by atoms with Crippen LogP contribution < -0.4 is 4.90 Å². The van der Waals surface area contributed by atoms with Crippen molar-refractivity contribution in [1.82, 2.24) is 0 Å². The zero-order valence-electron chi connectivity index (χ0n) is 28.7. The predicted octanol–water partition coefficient (Wildman–Crippen LogP) is 15.1. The molecule has 3 heteroatoms. The fraction of sp³-hybridized carbons (Fsp3) is 0. The highest BCUT2D eigenvalue weighted by Crippen LogP contribution is 2.47. The lowest BCUT2D eigenvalue weighted by molar-refractivity contribution is 0.669. The number of hydrogen-bond donors (Lipinski definition) is 0. The first-order chi connectivity index (χ1) is 26.3. The number of benzene rings is 9. The maximum Gasteiger partial charge on any atom is 0.137 e.